The number of nitrogens with two attached hydrogens (primary N) is 1. The van der Waals surface area contributed by atoms with Crippen molar-refractivity contribution in [3.8, 4) is 0 Å². The Bertz CT molecular complexity index is 399. The van der Waals surface area contributed by atoms with E-state index in [0.29, 0.717) is 6.54 Å². The number of likely N-dealkylation sites (N-methyl/N-ethyl adjacent to an activating group) is 1. The van der Waals surface area contributed by atoms with Gasteiger partial charge in [0, 0.05) is 12.2 Å². The largest absolute Gasteiger partial charge is 0.368 e. The van der Waals surface area contributed by atoms with Gasteiger partial charge in [-0.25, -0.2) is 4.98 Å². The quantitative estimate of drug-likeness (QED) is 0.768. The summed E-state index contributed by atoms with van der Waals surface area (Å²) in [6, 6.07) is -0.305. The highest BCUT2D eigenvalue weighted by molar-refractivity contribution is 5.79. The van der Waals surface area contributed by atoms with E-state index in [4.69, 9.17) is 5.73 Å². The van der Waals surface area contributed by atoms with Crippen LogP contribution in [0.2, 0.25) is 0 Å². The number of aryl methyl sites for hydroxylation is 1. The van der Waals surface area contributed by atoms with Crippen LogP contribution in [0.1, 0.15) is 31.2 Å². The van der Waals surface area contributed by atoms with Gasteiger partial charge < -0.3 is 15.6 Å². The molecule has 1 aliphatic carbocycles. The van der Waals surface area contributed by atoms with Crippen molar-refractivity contribution in [1.29, 1.82) is 0 Å². The van der Waals surface area contributed by atoms with Gasteiger partial charge in [-0.3, -0.25) is 4.79 Å². The average Bonchev–Trinajstić information content (AvgIpc) is 2.72. The Kier molecular flexibility index (Phi) is 3.78. The van der Waals surface area contributed by atoms with Gasteiger partial charge in [0.1, 0.15) is 6.04 Å². The highest BCUT2D eigenvalue weighted by atomic mass is 16.1. The summed E-state index contributed by atoms with van der Waals surface area (Å²) in [5, 5.41) is 3.10. The van der Waals surface area contributed by atoms with Crippen LogP contribution in [-0.4, -0.2) is 28.0 Å². The van der Waals surface area contributed by atoms with E-state index >= 15 is 0 Å². The first kappa shape index (κ1) is 12.1. The lowest BCUT2D eigenvalue weighted by molar-refractivity contribution is -0.120. The van der Waals surface area contributed by atoms with Crippen molar-refractivity contribution in [2.24, 2.45) is 5.73 Å². The van der Waals surface area contributed by atoms with Gasteiger partial charge in [-0.2, -0.15) is 0 Å². The summed E-state index contributed by atoms with van der Waals surface area (Å²) in [5.41, 5.74) is 7.85. The summed E-state index contributed by atoms with van der Waals surface area (Å²) < 4.78 is 2.08. The number of rotatable bonds is 5. The minimum atomic E-state index is -0.305. The number of carbonyl (C=O) groups is 1. The molecule has 0 bridgehead atoms. The van der Waals surface area contributed by atoms with Gasteiger partial charge in [0.05, 0.1) is 12.0 Å². The minimum Gasteiger partial charge on any atom is -0.368 e. The van der Waals surface area contributed by atoms with E-state index in [1.54, 1.807) is 0 Å². The van der Waals surface area contributed by atoms with E-state index in [-0.39, 0.29) is 11.9 Å². The molecule has 1 amide bonds. The van der Waals surface area contributed by atoms with Crippen LogP contribution in [0.5, 0.6) is 0 Å². The van der Waals surface area contributed by atoms with Crippen LogP contribution >= 0.6 is 0 Å². The van der Waals surface area contributed by atoms with Crippen molar-refractivity contribution in [2.45, 2.75) is 45.2 Å². The topological polar surface area (TPSA) is 72.9 Å². The molecule has 1 aromatic rings. The maximum atomic E-state index is 11.3. The maximum absolute atomic E-state index is 11.3. The number of nitrogens with zero attached hydrogens (tertiary/aromatic N) is 2. The fourth-order valence-electron chi connectivity index (χ4n) is 2.39. The third kappa shape index (κ3) is 2.66. The van der Waals surface area contributed by atoms with Crippen LogP contribution in [0.3, 0.4) is 0 Å². The van der Waals surface area contributed by atoms with Crippen LogP contribution in [0.4, 0.5) is 0 Å². The van der Waals surface area contributed by atoms with Crippen LogP contribution in [0, 0.1) is 0 Å². The van der Waals surface area contributed by atoms with Gasteiger partial charge in [0.25, 0.3) is 0 Å². The number of aromatic nitrogens is 2. The smallest absolute Gasteiger partial charge is 0.236 e. The van der Waals surface area contributed by atoms with E-state index < -0.39 is 0 Å². The van der Waals surface area contributed by atoms with Gasteiger partial charge >= 0.3 is 0 Å². The summed E-state index contributed by atoms with van der Waals surface area (Å²) >= 11 is 0. The zero-order chi connectivity index (χ0) is 12.3. The number of amides is 1. The van der Waals surface area contributed by atoms with Gasteiger partial charge in [0.15, 0.2) is 0 Å². The van der Waals surface area contributed by atoms with Crippen LogP contribution in [0.25, 0.3) is 0 Å². The van der Waals surface area contributed by atoms with Crippen LogP contribution in [-0.2, 0) is 24.2 Å². The lowest BCUT2D eigenvalue weighted by atomic mass is 10.0. The molecule has 1 aliphatic rings. The molecule has 0 aromatic carbocycles. The number of nitrogens with one attached hydrogen (secondary N) is 1. The van der Waals surface area contributed by atoms with Crippen molar-refractivity contribution < 1.29 is 4.79 Å². The second-order valence-electron chi connectivity index (χ2n) is 4.51. The molecule has 1 heterocycles. The molecular formula is C12H20N4O. The first-order chi connectivity index (χ1) is 8.22. The molecule has 2 rings (SSSR count). The van der Waals surface area contributed by atoms with Crippen LogP contribution in [0.15, 0.2) is 6.33 Å². The first-order valence-electron chi connectivity index (χ1n) is 6.28. The molecule has 0 saturated heterocycles. The van der Waals surface area contributed by atoms with Crippen molar-refractivity contribution in [3.05, 3.63) is 17.7 Å². The molecule has 0 radical (unpaired) electrons. The summed E-state index contributed by atoms with van der Waals surface area (Å²) in [5.74, 6) is -0.301. The fraction of sp³-hybridized carbons (Fsp3) is 0.667. The first-order valence-corrected chi connectivity index (χ1v) is 6.28. The highest BCUT2D eigenvalue weighted by Gasteiger charge is 2.19. The Morgan fingerprint density at radius 1 is 1.59 bits per heavy atom. The molecule has 94 valence electrons. The standard InChI is InChI=1S/C12H20N4O/c1-2-14-10(12(13)17)7-16-8-15-9-5-3-4-6-11(9)16/h8,10,14H,2-7H2,1H3,(H2,13,17). The number of fused-ring (bicyclic) bond motifs is 1. The number of carbonyl (C=O) groups excluding carboxylic acids is 1. The highest BCUT2D eigenvalue weighted by Crippen LogP contribution is 2.19. The zero-order valence-electron chi connectivity index (χ0n) is 10.3. The third-order valence-corrected chi connectivity index (χ3v) is 3.28. The van der Waals surface area contributed by atoms with E-state index in [1.165, 1.54) is 24.2 Å². The Labute approximate surface area is 101 Å². The average molecular weight is 236 g/mol. The van der Waals surface area contributed by atoms with E-state index in [2.05, 4.69) is 14.9 Å². The molecule has 0 aliphatic heterocycles. The van der Waals surface area contributed by atoms with Gasteiger partial charge in [-0.15, -0.1) is 0 Å². The predicted molar refractivity (Wildman–Crippen MR) is 65.5 cm³/mol. The molecule has 5 nitrogen and oxygen atoms in total. The molecule has 5 heteroatoms. The normalized spacial score (nSPS) is 16.5. The lowest BCUT2D eigenvalue weighted by Crippen LogP contribution is -2.44. The fourth-order valence-corrected chi connectivity index (χ4v) is 2.39. The SMILES string of the molecule is CCNC(Cn1cnc2c1CCCC2)C(N)=O. The van der Waals surface area contributed by atoms with E-state index in [1.807, 2.05) is 13.3 Å². The van der Waals surface area contributed by atoms with Crippen molar-refractivity contribution in [1.82, 2.24) is 14.9 Å². The molecule has 0 spiro atoms. The predicted octanol–water partition coefficient (Wildman–Crippen LogP) is 0.225. The second kappa shape index (κ2) is 5.31. The van der Waals surface area contributed by atoms with Crippen molar-refractivity contribution in [3.63, 3.8) is 0 Å². The molecule has 3 N–H and O–H groups in total. The second-order valence-corrected chi connectivity index (χ2v) is 4.51. The molecule has 1 unspecified atom stereocenters. The summed E-state index contributed by atoms with van der Waals surface area (Å²) in [4.78, 5) is 15.7. The molecule has 0 fully saturated rings. The molecule has 17 heavy (non-hydrogen) atoms. The maximum Gasteiger partial charge on any atom is 0.236 e. The summed E-state index contributed by atoms with van der Waals surface area (Å²) in [7, 11) is 0. The Balaban J connectivity index is 2.11. The van der Waals surface area contributed by atoms with Crippen molar-refractivity contribution >= 4 is 5.91 Å². The van der Waals surface area contributed by atoms with E-state index in [0.717, 1.165) is 19.4 Å². The number of primary amides is 1. The Hall–Kier alpha value is -1.36. The molecular weight excluding hydrogens is 216 g/mol. The van der Waals surface area contributed by atoms with Gasteiger partial charge in [-0.1, -0.05) is 6.92 Å². The minimum absolute atomic E-state index is 0.301. The van der Waals surface area contributed by atoms with Gasteiger partial charge in [0.2, 0.25) is 5.91 Å². The number of imidazole rings is 1. The number of hydrogen-bond acceptors (Lipinski definition) is 3. The Morgan fingerprint density at radius 2 is 2.35 bits per heavy atom. The van der Waals surface area contributed by atoms with E-state index in [9.17, 15) is 4.79 Å². The lowest BCUT2D eigenvalue weighted by Gasteiger charge is -2.18. The monoisotopic (exact) mass is 236 g/mol. The number of hydrogen-bond donors (Lipinski definition) is 2. The third-order valence-electron chi connectivity index (χ3n) is 3.28. The Morgan fingerprint density at radius 3 is 3.06 bits per heavy atom. The molecule has 1 aromatic heterocycles. The summed E-state index contributed by atoms with van der Waals surface area (Å²) in [6.07, 6.45) is 6.39. The summed E-state index contributed by atoms with van der Waals surface area (Å²) in [6.45, 7) is 3.30. The molecule has 1 atom stereocenters. The van der Waals surface area contributed by atoms with Crippen molar-refractivity contribution in [2.75, 3.05) is 6.54 Å². The zero-order valence-corrected chi connectivity index (χ0v) is 10.3. The van der Waals surface area contributed by atoms with Gasteiger partial charge in [-0.05, 0) is 32.2 Å². The molecule has 0 saturated carbocycles. The van der Waals surface area contributed by atoms with Crippen LogP contribution < -0.4 is 11.1 Å².